The molecular weight excluding hydrogens is 230 g/mol. The molecule has 0 spiro atoms. The monoisotopic (exact) mass is 255 g/mol. The standard InChI is InChI=1S/C13H25N3O2/c1-2-12-10-18-8-7-16(12)13(17)9-15-5-3-11(14)4-6-15/h11-12H,2-10,14H2,1H3. The number of piperidine rings is 1. The summed E-state index contributed by atoms with van der Waals surface area (Å²) in [6.07, 6.45) is 2.98. The molecule has 2 aliphatic rings. The highest BCUT2D eigenvalue weighted by Crippen LogP contribution is 2.13. The minimum atomic E-state index is 0.251. The van der Waals surface area contributed by atoms with Crippen LogP contribution in [-0.2, 0) is 9.53 Å². The fourth-order valence-corrected chi connectivity index (χ4v) is 2.71. The van der Waals surface area contributed by atoms with E-state index < -0.39 is 0 Å². The molecule has 0 saturated carbocycles. The first-order chi connectivity index (χ1) is 8.70. The normalized spacial score (nSPS) is 27.4. The summed E-state index contributed by atoms with van der Waals surface area (Å²) in [7, 11) is 0. The van der Waals surface area contributed by atoms with Gasteiger partial charge in [0.25, 0.3) is 0 Å². The molecular formula is C13H25N3O2. The highest BCUT2D eigenvalue weighted by atomic mass is 16.5. The molecule has 2 aliphatic heterocycles. The van der Waals surface area contributed by atoms with Crippen molar-refractivity contribution in [3.63, 3.8) is 0 Å². The lowest BCUT2D eigenvalue weighted by molar-refractivity contribution is -0.141. The van der Waals surface area contributed by atoms with Crippen molar-refractivity contribution in [1.82, 2.24) is 9.80 Å². The molecule has 0 aromatic rings. The van der Waals surface area contributed by atoms with Crippen LogP contribution >= 0.6 is 0 Å². The number of nitrogens with two attached hydrogens (primary N) is 1. The summed E-state index contributed by atoms with van der Waals surface area (Å²) in [6, 6.07) is 0.585. The molecule has 2 N–H and O–H groups in total. The number of amides is 1. The molecule has 1 unspecified atom stereocenters. The lowest BCUT2D eigenvalue weighted by Gasteiger charge is -2.37. The number of hydrogen-bond acceptors (Lipinski definition) is 4. The van der Waals surface area contributed by atoms with Gasteiger partial charge in [-0.3, -0.25) is 9.69 Å². The van der Waals surface area contributed by atoms with E-state index in [1.165, 1.54) is 0 Å². The van der Waals surface area contributed by atoms with Crippen LogP contribution in [0.4, 0.5) is 0 Å². The number of morpholine rings is 1. The zero-order valence-corrected chi connectivity index (χ0v) is 11.3. The van der Waals surface area contributed by atoms with Crippen molar-refractivity contribution < 1.29 is 9.53 Å². The van der Waals surface area contributed by atoms with Gasteiger partial charge in [-0.05, 0) is 19.3 Å². The Labute approximate surface area is 109 Å². The summed E-state index contributed by atoms with van der Waals surface area (Å²) in [5, 5.41) is 0. The molecule has 2 rings (SSSR count). The predicted octanol–water partition coefficient (Wildman–Crippen LogP) is 0.0469. The minimum absolute atomic E-state index is 0.251. The van der Waals surface area contributed by atoms with Crippen LogP contribution in [0.15, 0.2) is 0 Å². The Kier molecular flexibility index (Phi) is 4.97. The maximum absolute atomic E-state index is 12.3. The van der Waals surface area contributed by atoms with Crippen molar-refractivity contribution in [3.8, 4) is 0 Å². The van der Waals surface area contributed by atoms with Crippen LogP contribution in [0, 0.1) is 0 Å². The smallest absolute Gasteiger partial charge is 0.237 e. The Morgan fingerprint density at radius 2 is 2.06 bits per heavy atom. The summed E-state index contributed by atoms with van der Waals surface area (Å²) in [5.41, 5.74) is 5.88. The van der Waals surface area contributed by atoms with Crippen molar-refractivity contribution in [2.45, 2.75) is 38.3 Å². The van der Waals surface area contributed by atoms with E-state index in [0.29, 0.717) is 25.8 Å². The number of ether oxygens (including phenoxy) is 1. The molecule has 0 radical (unpaired) electrons. The molecule has 0 aromatic carbocycles. The number of rotatable bonds is 3. The van der Waals surface area contributed by atoms with Crippen molar-refractivity contribution >= 4 is 5.91 Å². The quantitative estimate of drug-likeness (QED) is 0.774. The van der Waals surface area contributed by atoms with Gasteiger partial charge in [0.15, 0.2) is 0 Å². The fraction of sp³-hybridized carbons (Fsp3) is 0.923. The van der Waals surface area contributed by atoms with Gasteiger partial charge in [-0.2, -0.15) is 0 Å². The van der Waals surface area contributed by atoms with E-state index >= 15 is 0 Å². The maximum Gasteiger partial charge on any atom is 0.237 e. The lowest BCUT2D eigenvalue weighted by Crippen LogP contribution is -2.52. The van der Waals surface area contributed by atoms with Crippen molar-refractivity contribution in [3.05, 3.63) is 0 Å². The summed E-state index contributed by atoms with van der Waals surface area (Å²) >= 11 is 0. The van der Waals surface area contributed by atoms with Crippen LogP contribution < -0.4 is 5.73 Å². The van der Waals surface area contributed by atoms with Crippen molar-refractivity contribution in [2.75, 3.05) is 39.4 Å². The van der Waals surface area contributed by atoms with Crippen LogP contribution in [0.1, 0.15) is 26.2 Å². The number of likely N-dealkylation sites (tertiary alicyclic amines) is 1. The topological polar surface area (TPSA) is 58.8 Å². The van der Waals surface area contributed by atoms with E-state index in [1.807, 2.05) is 4.90 Å². The van der Waals surface area contributed by atoms with Crippen molar-refractivity contribution in [2.24, 2.45) is 5.73 Å². The van der Waals surface area contributed by atoms with Gasteiger partial charge < -0.3 is 15.4 Å². The van der Waals surface area contributed by atoms with Gasteiger partial charge in [-0.15, -0.1) is 0 Å². The molecule has 2 saturated heterocycles. The minimum Gasteiger partial charge on any atom is -0.377 e. The highest BCUT2D eigenvalue weighted by Gasteiger charge is 2.27. The van der Waals surface area contributed by atoms with E-state index in [9.17, 15) is 4.79 Å². The predicted molar refractivity (Wildman–Crippen MR) is 70.3 cm³/mol. The summed E-state index contributed by atoms with van der Waals surface area (Å²) in [5.74, 6) is 0.251. The Balaban J connectivity index is 1.82. The van der Waals surface area contributed by atoms with Crippen molar-refractivity contribution in [1.29, 1.82) is 0 Å². The van der Waals surface area contributed by atoms with Gasteiger partial charge in [0, 0.05) is 25.7 Å². The third kappa shape index (κ3) is 3.43. The molecule has 5 heteroatoms. The molecule has 1 atom stereocenters. The van der Waals surface area contributed by atoms with Crippen LogP contribution in [0.3, 0.4) is 0 Å². The second-order valence-corrected chi connectivity index (χ2v) is 5.34. The lowest BCUT2D eigenvalue weighted by atomic mass is 10.1. The zero-order valence-electron chi connectivity index (χ0n) is 11.3. The second kappa shape index (κ2) is 6.50. The maximum atomic E-state index is 12.3. The van der Waals surface area contributed by atoms with E-state index in [2.05, 4.69) is 11.8 Å². The van der Waals surface area contributed by atoms with Gasteiger partial charge in [0.1, 0.15) is 0 Å². The van der Waals surface area contributed by atoms with E-state index in [4.69, 9.17) is 10.5 Å². The first kappa shape index (κ1) is 13.8. The highest BCUT2D eigenvalue weighted by molar-refractivity contribution is 5.78. The molecule has 1 amide bonds. The van der Waals surface area contributed by atoms with Gasteiger partial charge in [-0.25, -0.2) is 0 Å². The van der Waals surface area contributed by atoms with Gasteiger partial charge in [0.2, 0.25) is 5.91 Å². The van der Waals surface area contributed by atoms with Crippen LogP contribution in [-0.4, -0.2) is 67.2 Å². The molecule has 18 heavy (non-hydrogen) atoms. The van der Waals surface area contributed by atoms with Gasteiger partial charge >= 0.3 is 0 Å². The van der Waals surface area contributed by atoms with Gasteiger partial charge in [0.05, 0.1) is 25.8 Å². The fourth-order valence-electron chi connectivity index (χ4n) is 2.71. The van der Waals surface area contributed by atoms with E-state index in [-0.39, 0.29) is 11.9 Å². The molecule has 2 fully saturated rings. The van der Waals surface area contributed by atoms with Crippen LogP contribution in [0.5, 0.6) is 0 Å². The first-order valence-corrected chi connectivity index (χ1v) is 7.06. The number of carbonyl (C=O) groups is 1. The van der Waals surface area contributed by atoms with Gasteiger partial charge in [-0.1, -0.05) is 6.92 Å². The molecule has 0 bridgehead atoms. The summed E-state index contributed by atoms with van der Waals surface area (Å²) in [6.45, 7) is 6.66. The average Bonchev–Trinajstić information content (AvgIpc) is 2.41. The number of nitrogens with zero attached hydrogens (tertiary/aromatic N) is 2. The zero-order chi connectivity index (χ0) is 13.0. The molecule has 0 aliphatic carbocycles. The molecule has 104 valence electrons. The SMILES string of the molecule is CCC1COCCN1C(=O)CN1CCC(N)CC1. The average molecular weight is 255 g/mol. The van der Waals surface area contributed by atoms with E-state index in [1.54, 1.807) is 0 Å². The number of carbonyl (C=O) groups excluding carboxylic acids is 1. The third-order valence-electron chi connectivity index (χ3n) is 4.01. The molecule has 5 nitrogen and oxygen atoms in total. The van der Waals surface area contributed by atoms with Crippen LogP contribution in [0.25, 0.3) is 0 Å². The Bertz CT molecular complexity index is 277. The molecule has 2 heterocycles. The third-order valence-corrected chi connectivity index (χ3v) is 4.01. The number of hydrogen-bond donors (Lipinski definition) is 1. The first-order valence-electron chi connectivity index (χ1n) is 7.06. The Morgan fingerprint density at radius 1 is 1.33 bits per heavy atom. The molecule has 0 aromatic heterocycles. The Hall–Kier alpha value is -0.650. The summed E-state index contributed by atoms with van der Waals surface area (Å²) in [4.78, 5) is 16.5. The van der Waals surface area contributed by atoms with Crippen LogP contribution in [0.2, 0.25) is 0 Å². The Morgan fingerprint density at radius 3 is 2.72 bits per heavy atom. The second-order valence-electron chi connectivity index (χ2n) is 5.34. The summed E-state index contributed by atoms with van der Waals surface area (Å²) < 4.78 is 5.43. The largest absolute Gasteiger partial charge is 0.377 e. The van der Waals surface area contributed by atoms with E-state index in [0.717, 1.165) is 38.9 Å².